The standard InChI is InChI=1S/C16H21N3OS/c1-11-5-6-13(12(2)9-11)21-10-14-18-15(19-20-14)16(17)7-3-4-8-16/h5-6,9H,3-4,7-8,10,17H2,1-2H3. The third-order valence-corrected chi connectivity index (χ3v) is 5.25. The normalized spacial score (nSPS) is 17.3. The molecule has 0 amide bonds. The van der Waals surface area contributed by atoms with Crippen LogP contribution in [-0.2, 0) is 11.3 Å². The molecule has 5 heteroatoms. The van der Waals surface area contributed by atoms with Crippen molar-refractivity contribution in [3.8, 4) is 0 Å². The molecule has 0 atom stereocenters. The topological polar surface area (TPSA) is 64.9 Å². The summed E-state index contributed by atoms with van der Waals surface area (Å²) < 4.78 is 5.37. The Bertz CT molecular complexity index is 632. The molecule has 1 aliphatic carbocycles. The summed E-state index contributed by atoms with van der Waals surface area (Å²) in [4.78, 5) is 5.76. The number of hydrogen-bond donors (Lipinski definition) is 1. The summed E-state index contributed by atoms with van der Waals surface area (Å²) in [5, 5.41) is 4.09. The molecule has 1 aliphatic rings. The lowest BCUT2D eigenvalue weighted by atomic mass is 9.99. The lowest BCUT2D eigenvalue weighted by Crippen LogP contribution is -2.34. The predicted molar refractivity (Wildman–Crippen MR) is 84.1 cm³/mol. The van der Waals surface area contributed by atoms with Gasteiger partial charge in [-0.1, -0.05) is 35.7 Å². The molecule has 112 valence electrons. The Hall–Kier alpha value is -1.33. The molecule has 0 spiro atoms. The molecule has 21 heavy (non-hydrogen) atoms. The quantitative estimate of drug-likeness (QED) is 0.872. The fraction of sp³-hybridized carbons (Fsp3) is 0.500. The van der Waals surface area contributed by atoms with Crippen molar-refractivity contribution < 1.29 is 4.52 Å². The molecule has 0 radical (unpaired) electrons. The summed E-state index contributed by atoms with van der Waals surface area (Å²) in [6.45, 7) is 4.23. The number of hydrogen-bond acceptors (Lipinski definition) is 5. The number of thioether (sulfide) groups is 1. The van der Waals surface area contributed by atoms with Crippen LogP contribution < -0.4 is 5.73 Å². The maximum Gasteiger partial charge on any atom is 0.237 e. The van der Waals surface area contributed by atoms with Crippen molar-refractivity contribution in [1.29, 1.82) is 0 Å². The van der Waals surface area contributed by atoms with E-state index in [0.29, 0.717) is 17.5 Å². The fourth-order valence-electron chi connectivity index (χ4n) is 2.85. The van der Waals surface area contributed by atoms with Gasteiger partial charge in [-0.2, -0.15) is 4.98 Å². The molecular formula is C16H21N3OS. The summed E-state index contributed by atoms with van der Waals surface area (Å²) >= 11 is 1.73. The van der Waals surface area contributed by atoms with E-state index in [2.05, 4.69) is 42.2 Å². The largest absolute Gasteiger partial charge is 0.338 e. The molecule has 1 aromatic carbocycles. The molecule has 1 aromatic heterocycles. The first-order valence-electron chi connectivity index (χ1n) is 7.39. The van der Waals surface area contributed by atoms with Gasteiger partial charge in [-0.25, -0.2) is 0 Å². The molecule has 4 nitrogen and oxygen atoms in total. The average molecular weight is 303 g/mol. The number of aromatic nitrogens is 2. The van der Waals surface area contributed by atoms with Gasteiger partial charge >= 0.3 is 0 Å². The minimum Gasteiger partial charge on any atom is -0.338 e. The highest BCUT2D eigenvalue weighted by atomic mass is 32.2. The Labute approximate surface area is 129 Å². The Kier molecular flexibility index (Phi) is 4.04. The van der Waals surface area contributed by atoms with Gasteiger partial charge in [0.1, 0.15) is 0 Å². The van der Waals surface area contributed by atoms with Crippen LogP contribution in [0.5, 0.6) is 0 Å². The average Bonchev–Trinajstić information content (AvgIpc) is 3.08. The lowest BCUT2D eigenvalue weighted by Gasteiger charge is -2.17. The molecule has 3 rings (SSSR count). The van der Waals surface area contributed by atoms with E-state index in [9.17, 15) is 0 Å². The highest BCUT2D eigenvalue weighted by Crippen LogP contribution is 2.35. The summed E-state index contributed by atoms with van der Waals surface area (Å²) in [6, 6.07) is 6.46. The smallest absolute Gasteiger partial charge is 0.237 e. The monoisotopic (exact) mass is 303 g/mol. The summed E-state index contributed by atoms with van der Waals surface area (Å²) in [6.07, 6.45) is 4.21. The third kappa shape index (κ3) is 3.14. The van der Waals surface area contributed by atoms with Gasteiger partial charge in [0, 0.05) is 4.90 Å². The van der Waals surface area contributed by atoms with Crippen molar-refractivity contribution in [2.24, 2.45) is 5.73 Å². The van der Waals surface area contributed by atoms with Crippen LogP contribution in [0, 0.1) is 13.8 Å². The summed E-state index contributed by atoms with van der Waals surface area (Å²) in [7, 11) is 0. The van der Waals surface area contributed by atoms with Crippen molar-refractivity contribution in [3.05, 3.63) is 41.0 Å². The van der Waals surface area contributed by atoms with Gasteiger partial charge in [0.15, 0.2) is 5.82 Å². The highest BCUT2D eigenvalue weighted by molar-refractivity contribution is 7.98. The lowest BCUT2D eigenvalue weighted by molar-refractivity contribution is 0.355. The second-order valence-corrected chi connectivity index (χ2v) is 6.95. The van der Waals surface area contributed by atoms with E-state index in [0.717, 1.165) is 25.7 Å². The first-order valence-corrected chi connectivity index (χ1v) is 8.37. The van der Waals surface area contributed by atoms with Crippen LogP contribution in [0.2, 0.25) is 0 Å². The van der Waals surface area contributed by atoms with Crippen molar-refractivity contribution >= 4 is 11.8 Å². The van der Waals surface area contributed by atoms with Gasteiger partial charge < -0.3 is 10.3 Å². The Morgan fingerprint density at radius 2 is 2.05 bits per heavy atom. The van der Waals surface area contributed by atoms with Gasteiger partial charge in [0.05, 0.1) is 11.3 Å². The summed E-state index contributed by atoms with van der Waals surface area (Å²) in [5.74, 6) is 2.02. The van der Waals surface area contributed by atoms with Gasteiger partial charge in [0.25, 0.3) is 0 Å². The van der Waals surface area contributed by atoms with E-state index in [1.165, 1.54) is 16.0 Å². The molecule has 2 N–H and O–H groups in total. The van der Waals surface area contributed by atoms with Crippen molar-refractivity contribution in [2.75, 3.05) is 0 Å². The molecule has 0 aliphatic heterocycles. The zero-order valence-corrected chi connectivity index (χ0v) is 13.4. The Morgan fingerprint density at radius 1 is 1.29 bits per heavy atom. The van der Waals surface area contributed by atoms with Gasteiger partial charge in [-0.3, -0.25) is 0 Å². The zero-order valence-electron chi connectivity index (χ0n) is 12.6. The van der Waals surface area contributed by atoms with E-state index in [1.807, 2.05) is 0 Å². The zero-order chi connectivity index (χ0) is 14.9. The highest BCUT2D eigenvalue weighted by Gasteiger charge is 2.35. The van der Waals surface area contributed by atoms with Crippen LogP contribution >= 0.6 is 11.8 Å². The van der Waals surface area contributed by atoms with E-state index in [1.54, 1.807) is 11.8 Å². The number of aryl methyl sites for hydroxylation is 2. The maximum absolute atomic E-state index is 6.35. The molecule has 0 saturated heterocycles. The molecular weight excluding hydrogens is 282 g/mol. The van der Waals surface area contributed by atoms with Crippen LogP contribution in [0.4, 0.5) is 0 Å². The maximum atomic E-state index is 6.35. The van der Waals surface area contributed by atoms with E-state index in [-0.39, 0.29) is 5.54 Å². The second-order valence-electron chi connectivity index (χ2n) is 5.93. The number of rotatable bonds is 4. The Balaban J connectivity index is 1.67. The van der Waals surface area contributed by atoms with E-state index < -0.39 is 0 Å². The van der Waals surface area contributed by atoms with Crippen LogP contribution in [0.25, 0.3) is 0 Å². The van der Waals surface area contributed by atoms with Crippen LogP contribution in [0.3, 0.4) is 0 Å². The van der Waals surface area contributed by atoms with Crippen molar-refractivity contribution in [2.45, 2.75) is 55.7 Å². The fourth-order valence-corrected chi connectivity index (χ4v) is 3.69. The van der Waals surface area contributed by atoms with Crippen LogP contribution in [0.1, 0.15) is 48.5 Å². The van der Waals surface area contributed by atoms with Crippen LogP contribution in [-0.4, -0.2) is 10.1 Å². The molecule has 2 aromatic rings. The second kappa shape index (κ2) is 5.81. The minimum atomic E-state index is -0.369. The number of nitrogens with two attached hydrogens (primary N) is 1. The first kappa shape index (κ1) is 14.6. The van der Waals surface area contributed by atoms with Crippen LogP contribution in [0.15, 0.2) is 27.6 Å². The SMILES string of the molecule is Cc1ccc(SCc2nc(C3(N)CCCC3)no2)c(C)c1. The van der Waals surface area contributed by atoms with E-state index in [4.69, 9.17) is 10.3 Å². The minimum absolute atomic E-state index is 0.369. The van der Waals surface area contributed by atoms with Crippen molar-refractivity contribution in [3.63, 3.8) is 0 Å². The molecule has 1 saturated carbocycles. The first-order chi connectivity index (χ1) is 10.1. The molecule has 1 heterocycles. The van der Waals surface area contributed by atoms with Gasteiger partial charge in [-0.15, -0.1) is 11.8 Å². The van der Waals surface area contributed by atoms with E-state index >= 15 is 0 Å². The third-order valence-electron chi connectivity index (χ3n) is 4.09. The van der Waals surface area contributed by atoms with Gasteiger partial charge in [-0.05, 0) is 38.3 Å². The summed E-state index contributed by atoms with van der Waals surface area (Å²) in [5.41, 5.74) is 8.55. The predicted octanol–water partition coefficient (Wildman–Crippen LogP) is 3.71. The molecule has 1 fully saturated rings. The van der Waals surface area contributed by atoms with Crippen molar-refractivity contribution in [1.82, 2.24) is 10.1 Å². The Morgan fingerprint density at radius 3 is 2.76 bits per heavy atom. The van der Waals surface area contributed by atoms with Gasteiger partial charge in [0.2, 0.25) is 5.89 Å². The molecule has 0 bridgehead atoms. The molecule has 0 unspecified atom stereocenters. The number of benzene rings is 1. The number of nitrogens with zero attached hydrogens (tertiary/aromatic N) is 2.